The van der Waals surface area contributed by atoms with Gasteiger partial charge < -0.3 is 5.32 Å². The zero-order valence-corrected chi connectivity index (χ0v) is 7.28. The van der Waals surface area contributed by atoms with Crippen LogP contribution in [-0.2, 0) is 6.54 Å². The van der Waals surface area contributed by atoms with Gasteiger partial charge in [-0.05, 0) is 12.5 Å². The van der Waals surface area contributed by atoms with E-state index in [-0.39, 0.29) is 16.7 Å². The molecule has 1 aromatic rings. The Labute approximate surface area is 75.7 Å². The van der Waals surface area contributed by atoms with Crippen molar-refractivity contribution in [2.24, 2.45) is 0 Å². The van der Waals surface area contributed by atoms with Crippen molar-refractivity contribution in [1.82, 2.24) is 5.32 Å². The van der Waals surface area contributed by atoms with Gasteiger partial charge in [0.2, 0.25) is 0 Å². The topological polar surface area (TPSA) is 55.2 Å². The normalized spacial score (nSPS) is 19.9. The quantitative estimate of drug-likeness (QED) is 0.526. The third-order valence-corrected chi connectivity index (χ3v) is 2.40. The standard InChI is InChI=1S/C9H10N2O2/c1-6-9-7(5-10-6)3-2-4-8(9)11(12)13/h2-4,6,10H,5H2,1H3/t6-/m0/s1. The number of benzene rings is 1. The Bertz CT molecular complexity index is 363. The molecule has 0 aliphatic carbocycles. The van der Waals surface area contributed by atoms with E-state index in [0.29, 0.717) is 0 Å². The molecule has 0 aromatic heterocycles. The number of hydrogen-bond acceptors (Lipinski definition) is 3. The van der Waals surface area contributed by atoms with Crippen LogP contribution in [0.25, 0.3) is 0 Å². The number of fused-ring (bicyclic) bond motifs is 1. The molecule has 0 unspecified atom stereocenters. The lowest BCUT2D eigenvalue weighted by Crippen LogP contribution is -2.08. The van der Waals surface area contributed by atoms with E-state index in [1.807, 2.05) is 13.0 Å². The summed E-state index contributed by atoms with van der Waals surface area (Å²) in [6.07, 6.45) is 0. The zero-order chi connectivity index (χ0) is 9.42. The van der Waals surface area contributed by atoms with Crippen LogP contribution in [0.1, 0.15) is 24.1 Å². The second-order valence-corrected chi connectivity index (χ2v) is 3.21. The second-order valence-electron chi connectivity index (χ2n) is 3.21. The van der Waals surface area contributed by atoms with Gasteiger partial charge in [0, 0.05) is 18.7 Å². The summed E-state index contributed by atoms with van der Waals surface area (Å²) in [5, 5.41) is 13.9. The predicted molar refractivity (Wildman–Crippen MR) is 48.4 cm³/mol. The molecule has 0 amide bonds. The minimum Gasteiger partial charge on any atom is -0.306 e. The summed E-state index contributed by atoms with van der Waals surface area (Å²) in [7, 11) is 0. The van der Waals surface area contributed by atoms with Gasteiger partial charge in [-0.25, -0.2) is 0 Å². The first-order valence-electron chi connectivity index (χ1n) is 4.19. The zero-order valence-electron chi connectivity index (χ0n) is 7.28. The SMILES string of the molecule is C[C@@H]1NCc2cccc([N+](=O)[O-])c21. The molecular formula is C9H10N2O2. The summed E-state index contributed by atoms with van der Waals surface area (Å²) in [6, 6.07) is 5.31. The fourth-order valence-electron chi connectivity index (χ4n) is 1.78. The van der Waals surface area contributed by atoms with Crippen LogP contribution >= 0.6 is 0 Å². The Morgan fingerprint density at radius 3 is 3.08 bits per heavy atom. The van der Waals surface area contributed by atoms with E-state index >= 15 is 0 Å². The van der Waals surface area contributed by atoms with Crippen LogP contribution < -0.4 is 5.32 Å². The highest BCUT2D eigenvalue weighted by atomic mass is 16.6. The van der Waals surface area contributed by atoms with Gasteiger partial charge in [0.15, 0.2) is 0 Å². The molecule has 0 spiro atoms. The minimum absolute atomic E-state index is 0.0941. The summed E-state index contributed by atoms with van der Waals surface area (Å²) < 4.78 is 0. The van der Waals surface area contributed by atoms with Crippen LogP contribution in [0.4, 0.5) is 5.69 Å². The maximum Gasteiger partial charge on any atom is 0.274 e. The van der Waals surface area contributed by atoms with Crippen LogP contribution in [0.5, 0.6) is 0 Å². The van der Waals surface area contributed by atoms with Gasteiger partial charge in [0.05, 0.1) is 10.5 Å². The first-order valence-corrected chi connectivity index (χ1v) is 4.19. The van der Waals surface area contributed by atoms with Gasteiger partial charge in [0.1, 0.15) is 0 Å². The maximum atomic E-state index is 10.7. The predicted octanol–water partition coefficient (Wildman–Crippen LogP) is 1.76. The number of hydrogen-bond donors (Lipinski definition) is 1. The van der Waals surface area contributed by atoms with Gasteiger partial charge in [-0.1, -0.05) is 12.1 Å². The highest BCUT2D eigenvalue weighted by Crippen LogP contribution is 2.32. The van der Waals surface area contributed by atoms with Crippen LogP contribution in [-0.4, -0.2) is 4.92 Å². The molecule has 1 aliphatic heterocycles. The second kappa shape index (κ2) is 2.81. The lowest BCUT2D eigenvalue weighted by Gasteiger charge is -2.04. The molecule has 68 valence electrons. The Kier molecular flexibility index (Phi) is 1.77. The molecule has 4 heteroatoms. The highest BCUT2D eigenvalue weighted by molar-refractivity contribution is 5.49. The smallest absolute Gasteiger partial charge is 0.274 e. The summed E-state index contributed by atoms with van der Waals surface area (Å²) in [6.45, 7) is 2.68. The summed E-state index contributed by atoms with van der Waals surface area (Å²) in [5.41, 5.74) is 2.12. The number of nitrogens with zero attached hydrogens (tertiary/aromatic N) is 1. The summed E-state index contributed by atoms with van der Waals surface area (Å²) in [5.74, 6) is 0. The summed E-state index contributed by atoms with van der Waals surface area (Å²) in [4.78, 5) is 10.4. The third kappa shape index (κ3) is 1.19. The first-order chi connectivity index (χ1) is 6.20. The Balaban J connectivity index is 2.60. The molecule has 1 heterocycles. The molecule has 4 nitrogen and oxygen atoms in total. The van der Waals surface area contributed by atoms with Crippen molar-refractivity contribution in [3.8, 4) is 0 Å². The average molecular weight is 178 g/mol. The Morgan fingerprint density at radius 1 is 1.62 bits per heavy atom. The maximum absolute atomic E-state index is 10.7. The van der Waals surface area contributed by atoms with Crippen molar-refractivity contribution in [2.75, 3.05) is 0 Å². The number of nitro groups is 1. The van der Waals surface area contributed by atoms with E-state index in [4.69, 9.17) is 0 Å². The Hall–Kier alpha value is -1.42. The molecule has 0 radical (unpaired) electrons. The van der Waals surface area contributed by atoms with Gasteiger partial charge in [-0.2, -0.15) is 0 Å². The van der Waals surface area contributed by atoms with Gasteiger partial charge in [0.25, 0.3) is 5.69 Å². The minimum atomic E-state index is -0.317. The van der Waals surface area contributed by atoms with Crippen molar-refractivity contribution >= 4 is 5.69 Å². The van der Waals surface area contributed by atoms with Crippen LogP contribution in [0.15, 0.2) is 18.2 Å². The molecule has 0 saturated carbocycles. The van der Waals surface area contributed by atoms with E-state index in [0.717, 1.165) is 17.7 Å². The monoisotopic (exact) mass is 178 g/mol. The van der Waals surface area contributed by atoms with E-state index in [2.05, 4.69) is 5.32 Å². The largest absolute Gasteiger partial charge is 0.306 e. The molecule has 0 fully saturated rings. The number of rotatable bonds is 1. The van der Waals surface area contributed by atoms with Crippen molar-refractivity contribution in [2.45, 2.75) is 19.5 Å². The van der Waals surface area contributed by atoms with Crippen molar-refractivity contribution in [1.29, 1.82) is 0 Å². The van der Waals surface area contributed by atoms with Crippen LogP contribution in [0, 0.1) is 10.1 Å². The van der Waals surface area contributed by atoms with Crippen molar-refractivity contribution < 1.29 is 4.92 Å². The van der Waals surface area contributed by atoms with Crippen LogP contribution in [0.2, 0.25) is 0 Å². The van der Waals surface area contributed by atoms with Crippen molar-refractivity contribution in [3.05, 3.63) is 39.4 Å². The van der Waals surface area contributed by atoms with E-state index < -0.39 is 0 Å². The summed E-state index contributed by atoms with van der Waals surface area (Å²) >= 11 is 0. The first kappa shape index (κ1) is 8.19. The highest BCUT2D eigenvalue weighted by Gasteiger charge is 2.26. The Morgan fingerprint density at radius 2 is 2.38 bits per heavy atom. The average Bonchev–Trinajstić information content (AvgIpc) is 2.48. The fraction of sp³-hybridized carbons (Fsp3) is 0.333. The fourth-order valence-corrected chi connectivity index (χ4v) is 1.78. The molecule has 1 atom stereocenters. The van der Waals surface area contributed by atoms with Gasteiger partial charge in [-0.3, -0.25) is 10.1 Å². The molecule has 0 bridgehead atoms. The third-order valence-electron chi connectivity index (χ3n) is 2.40. The van der Waals surface area contributed by atoms with Gasteiger partial charge in [-0.15, -0.1) is 0 Å². The van der Waals surface area contributed by atoms with Crippen LogP contribution in [0.3, 0.4) is 0 Å². The van der Waals surface area contributed by atoms with Gasteiger partial charge >= 0.3 is 0 Å². The molecule has 1 N–H and O–H groups in total. The lowest BCUT2D eigenvalue weighted by atomic mass is 10.0. The molecular weight excluding hydrogens is 168 g/mol. The van der Waals surface area contributed by atoms with Crippen molar-refractivity contribution in [3.63, 3.8) is 0 Å². The molecule has 0 saturated heterocycles. The molecule has 2 rings (SSSR count). The number of nitro benzene ring substituents is 1. The molecule has 1 aliphatic rings. The van der Waals surface area contributed by atoms with E-state index in [1.54, 1.807) is 12.1 Å². The molecule has 13 heavy (non-hydrogen) atoms. The number of nitrogens with one attached hydrogen (secondary N) is 1. The molecule has 1 aromatic carbocycles. The van der Waals surface area contributed by atoms with E-state index in [1.165, 1.54) is 0 Å². The lowest BCUT2D eigenvalue weighted by molar-refractivity contribution is -0.385. The van der Waals surface area contributed by atoms with E-state index in [9.17, 15) is 10.1 Å².